The largest absolute Gasteiger partial charge is 0.507 e. The number of pyridine rings is 1. The van der Waals surface area contributed by atoms with Gasteiger partial charge < -0.3 is 10.1 Å². The van der Waals surface area contributed by atoms with E-state index in [1.165, 1.54) is 22.1 Å². The van der Waals surface area contributed by atoms with E-state index in [2.05, 4.69) is 75.6 Å². The number of fused-ring (bicyclic) bond motifs is 1. The molecule has 4 nitrogen and oxygen atoms in total. The van der Waals surface area contributed by atoms with Crippen LogP contribution >= 0.6 is 0 Å². The Balaban J connectivity index is 1.30. The van der Waals surface area contributed by atoms with E-state index in [0.29, 0.717) is 6.42 Å². The van der Waals surface area contributed by atoms with Crippen molar-refractivity contribution in [3.63, 3.8) is 0 Å². The fraction of sp³-hybridized carbons (Fsp3) is 0.0526. The number of rotatable bonds is 7. The van der Waals surface area contributed by atoms with Crippen LogP contribution in [0, 0.1) is 0 Å². The van der Waals surface area contributed by atoms with Crippen LogP contribution in [0.3, 0.4) is 0 Å². The monoisotopic (exact) mass is 543 g/mol. The van der Waals surface area contributed by atoms with E-state index in [-0.39, 0.29) is 5.75 Å². The number of phenols is 1. The number of phenolic OH excluding ortho intramolecular Hbond substituents is 1. The van der Waals surface area contributed by atoms with Gasteiger partial charge in [0.2, 0.25) is 0 Å². The number of nitrogens with one attached hydrogen (secondary N) is 1. The summed E-state index contributed by atoms with van der Waals surface area (Å²) in [7, 11) is 0. The summed E-state index contributed by atoms with van der Waals surface area (Å²) in [6.45, 7) is 0. The van der Waals surface area contributed by atoms with Crippen LogP contribution in [0.2, 0.25) is 0 Å². The van der Waals surface area contributed by atoms with Gasteiger partial charge >= 0.3 is 0 Å². The molecule has 42 heavy (non-hydrogen) atoms. The molecule has 0 bridgehead atoms. The van der Waals surface area contributed by atoms with Crippen molar-refractivity contribution in [2.75, 3.05) is 0 Å². The number of aromatic nitrogens is 3. The minimum atomic E-state index is 0.263. The Morgan fingerprint density at radius 2 is 1.19 bits per heavy atom. The molecule has 2 aromatic heterocycles. The molecule has 7 rings (SSSR count). The normalized spacial score (nSPS) is 11.1. The Bertz CT molecular complexity index is 1990. The van der Waals surface area contributed by atoms with Crippen molar-refractivity contribution in [3.05, 3.63) is 162 Å². The number of aromatic amines is 1. The lowest BCUT2D eigenvalue weighted by Crippen LogP contribution is -2.00. The molecule has 0 unspecified atom stereocenters. The quantitative estimate of drug-likeness (QED) is 0.211. The van der Waals surface area contributed by atoms with Crippen LogP contribution in [-0.2, 0) is 12.8 Å². The van der Waals surface area contributed by atoms with E-state index < -0.39 is 0 Å². The van der Waals surface area contributed by atoms with E-state index >= 15 is 0 Å². The molecule has 4 heteroatoms. The zero-order valence-electron chi connectivity index (χ0n) is 23.0. The number of nitrogens with zero attached hydrogens (tertiary/aromatic N) is 2. The number of imidazole rings is 1. The van der Waals surface area contributed by atoms with Crippen molar-refractivity contribution in [2.24, 2.45) is 0 Å². The number of hydrogen-bond acceptors (Lipinski definition) is 3. The summed E-state index contributed by atoms with van der Waals surface area (Å²) >= 11 is 0. The van der Waals surface area contributed by atoms with Gasteiger partial charge in [0.15, 0.2) is 0 Å². The smallest absolute Gasteiger partial charge is 0.137 e. The van der Waals surface area contributed by atoms with Gasteiger partial charge in [0, 0.05) is 35.3 Å². The predicted octanol–water partition coefficient (Wildman–Crippen LogP) is 8.85. The Kier molecular flexibility index (Phi) is 6.79. The van der Waals surface area contributed by atoms with Crippen molar-refractivity contribution in [3.8, 4) is 39.5 Å². The first-order valence-electron chi connectivity index (χ1n) is 14.1. The highest BCUT2D eigenvalue weighted by molar-refractivity contribution is 5.85. The van der Waals surface area contributed by atoms with E-state index in [1.807, 2.05) is 73.1 Å². The van der Waals surface area contributed by atoms with Gasteiger partial charge in [-0.2, -0.15) is 0 Å². The second-order valence-electron chi connectivity index (χ2n) is 10.6. The van der Waals surface area contributed by atoms with Crippen molar-refractivity contribution in [2.45, 2.75) is 12.8 Å². The highest BCUT2D eigenvalue weighted by atomic mass is 16.3. The van der Waals surface area contributed by atoms with Crippen molar-refractivity contribution in [1.82, 2.24) is 15.0 Å². The number of H-pyrrole nitrogens is 1. The number of aromatic hydroxyl groups is 1. The molecule has 0 amide bonds. The van der Waals surface area contributed by atoms with Crippen LogP contribution in [0.4, 0.5) is 0 Å². The van der Waals surface area contributed by atoms with Gasteiger partial charge in [-0.05, 0) is 57.3 Å². The summed E-state index contributed by atoms with van der Waals surface area (Å²) in [6.07, 6.45) is 7.04. The summed E-state index contributed by atoms with van der Waals surface area (Å²) in [5.74, 6) is 1.03. The lowest BCUT2D eigenvalue weighted by Gasteiger charge is -2.16. The molecule has 0 radical (unpaired) electrons. The maximum absolute atomic E-state index is 11.7. The van der Waals surface area contributed by atoms with Crippen molar-refractivity contribution < 1.29 is 5.11 Å². The third kappa shape index (κ3) is 5.06. The number of hydrogen-bond donors (Lipinski definition) is 2. The topological polar surface area (TPSA) is 61.8 Å². The summed E-state index contributed by atoms with van der Waals surface area (Å²) in [5.41, 5.74) is 9.10. The SMILES string of the molecule is Oc1c(Cc2ccccc2Cc2cncc3ccccc23)cc(-c2ccccc2)cc1-c1cnc(-c2ccccc2)[nH]1. The highest BCUT2D eigenvalue weighted by Crippen LogP contribution is 2.38. The van der Waals surface area contributed by atoms with Gasteiger partial charge in [0.25, 0.3) is 0 Å². The molecular formula is C38H29N3O. The second-order valence-corrected chi connectivity index (χ2v) is 10.6. The fourth-order valence-electron chi connectivity index (χ4n) is 5.67. The van der Waals surface area contributed by atoms with E-state index in [9.17, 15) is 5.11 Å². The molecule has 202 valence electrons. The number of benzene rings is 5. The molecule has 0 fully saturated rings. The van der Waals surface area contributed by atoms with Gasteiger partial charge in [-0.25, -0.2) is 4.98 Å². The zero-order valence-corrected chi connectivity index (χ0v) is 23.0. The van der Waals surface area contributed by atoms with Crippen LogP contribution in [0.25, 0.3) is 44.5 Å². The molecule has 5 aromatic carbocycles. The summed E-state index contributed by atoms with van der Waals surface area (Å²) in [5, 5.41) is 14.1. The second kappa shape index (κ2) is 11.2. The Labute approximate surface area is 245 Å². The fourth-order valence-corrected chi connectivity index (χ4v) is 5.67. The van der Waals surface area contributed by atoms with Crippen molar-refractivity contribution in [1.29, 1.82) is 0 Å². The van der Waals surface area contributed by atoms with Crippen LogP contribution in [0.5, 0.6) is 5.75 Å². The average Bonchev–Trinajstić information content (AvgIpc) is 3.54. The molecule has 0 saturated carbocycles. The molecule has 0 aliphatic rings. The zero-order chi connectivity index (χ0) is 28.3. The molecule has 0 aliphatic carbocycles. The molecule has 0 atom stereocenters. The standard InChI is InChI=1S/C38H29N3O/c42-37-32(19-28-15-7-8-16-29(28)20-33-24-39-23-30-17-9-10-18-34(30)33)21-31(26-11-3-1-4-12-26)22-35(37)36-25-40-38(41-36)27-13-5-2-6-14-27/h1-18,21-25,42H,19-20H2,(H,40,41). The Morgan fingerprint density at radius 3 is 1.95 bits per heavy atom. The molecular weight excluding hydrogens is 514 g/mol. The maximum Gasteiger partial charge on any atom is 0.137 e. The summed E-state index contributed by atoms with van der Waals surface area (Å²) in [6, 6.07) is 41.4. The van der Waals surface area contributed by atoms with E-state index in [0.717, 1.165) is 51.1 Å². The third-order valence-electron chi connectivity index (χ3n) is 7.84. The average molecular weight is 544 g/mol. The van der Waals surface area contributed by atoms with Crippen LogP contribution < -0.4 is 0 Å². The van der Waals surface area contributed by atoms with Crippen molar-refractivity contribution >= 4 is 10.8 Å². The lowest BCUT2D eigenvalue weighted by molar-refractivity contribution is 0.471. The van der Waals surface area contributed by atoms with Crippen LogP contribution in [0.1, 0.15) is 22.3 Å². The van der Waals surface area contributed by atoms with Crippen LogP contribution in [-0.4, -0.2) is 20.1 Å². The Morgan fingerprint density at radius 1 is 0.548 bits per heavy atom. The van der Waals surface area contributed by atoms with Crippen LogP contribution in [0.15, 0.2) is 140 Å². The molecule has 0 saturated heterocycles. The molecule has 0 aliphatic heterocycles. The predicted molar refractivity (Wildman–Crippen MR) is 170 cm³/mol. The first-order valence-corrected chi connectivity index (χ1v) is 14.1. The third-order valence-corrected chi connectivity index (χ3v) is 7.84. The minimum Gasteiger partial charge on any atom is -0.507 e. The minimum absolute atomic E-state index is 0.263. The Hall–Kier alpha value is -5.48. The molecule has 2 heterocycles. The van der Waals surface area contributed by atoms with Gasteiger partial charge in [0.05, 0.1) is 11.9 Å². The van der Waals surface area contributed by atoms with Gasteiger partial charge in [-0.1, -0.05) is 109 Å². The first-order chi connectivity index (χ1) is 20.7. The molecule has 7 aromatic rings. The van der Waals surface area contributed by atoms with Gasteiger partial charge in [-0.3, -0.25) is 4.98 Å². The first kappa shape index (κ1) is 25.5. The summed E-state index contributed by atoms with van der Waals surface area (Å²) < 4.78 is 0. The maximum atomic E-state index is 11.7. The van der Waals surface area contributed by atoms with Gasteiger partial charge in [0.1, 0.15) is 11.6 Å². The highest BCUT2D eigenvalue weighted by Gasteiger charge is 2.17. The van der Waals surface area contributed by atoms with E-state index in [1.54, 1.807) is 6.20 Å². The molecule has 2 N–H and O–H groups in total. The summed E-state index contributed by atoms with van der Waals surface area (Å²) in [4.78, 5) is 12.6. The lowest BCUT2D eigenvalue weighted by atomic mass is 9.91. The molecule has 0 spiro atoms. The van der Waals surface area contributed by atoms with Gasteiger partial charge in [-0.15, -0.1) is 0 Å². The van der Waals surface area contributed by atoms with E-state index in [4.69, 9.17) is 0 Å².